The molecule has 0 saturated heterocycles. The number of rotatable bonds is 7. The Morgan fingerprint density at radius 3 is 2.52 bits per heavy atom. The molecule has 27 heavy (non-hydrogen) atoms. The van der Waals surface area contributed by atoms with Crippen LogP contribution in [0.1, 0.15) is 47.0 Å². The van der Waals surface area contributed by atoms with Crippen LogP contribution in [0.3, 0.4) is 0 Å². The van der Waals surface area contributed by atoms with Gasteiger partial charge in [0.15, 0.2) is 0 Å². The van der Waals surface area contributed by atoms with Crippen LogP contribution in [0.5, 0.6) is 5.75 Å². The minimum atomic E-state index is -0.204. The third-order valence-corrected chi connectivity index (χ3v) is 5.69. The molecule has 4 atom stereocenters. The van der Waals surface area contributed by atoms with Crippen molar-refractivity contribution < 1.29 is 9.53 Å². The molecule has 0 bridgehead atoms. The number of nitrogens with two attached hydrogens (primary N) is 1. The minimum Gasteiger partial charge on any atom is -0.497 e. The second kappa shape index (κ2) is 9.27. The van der Waals surface area contributed by atoms with E-state index in [-0.39, 0.29) is 17.9 Å². The number of carbonyl (C=O) groups is 1. The lowest BCUT2D eigenvalue weighted by atomic mass is 9.70. The topological polar surface area (TPSA) is 76.4 Å². The molecule has 1 aromatic rings. The fraction of sp³-hybridized carbons (Fsp3) is 0.591. The fourth-order valence-corrected chi connectivity index (χ4v) is 3.88. The Morgan fingerprint density at radius 2 is 1.93 bits per heavy atom. The zero-order valence-corrected chi connectivity index (χ0v) is 17.3. The van der Waals surface area contributed by atoms with Crippen LogP contribution in [0.4, 0.5) is 11.4 Å². The van der Waals surface area contributed by atoms with E-state index in [2.05, 4.69) is 38.0 Å². The van der Waals surface area contributed by atoms with E-state index in [9.17, 15) is 4.79 Å². The van der Waals surface area contributed by atoms with Crippen LogP contribution in [0.2, 0.25) is 0 Å². The van der Waals surface area contributed by atoms with Crippen molar-refractivity contribution in [2.75, 3.05) is 17.7 Å². The van der Waals surface area contributed by atoms with Gasteiger partial charge in [-0.15, -0.1) is 0 Å². The zero-order chi connectivity index (χ0) is 20.1. The Bertz CT molecular complexity index is 670. The normalized spacial score (nSPS) is 23.6. The molecule has 1 aliphatic carbocycles. The molecule has 2 rings (SSSR count). The Balaban J connectivity index is 2.23. The maximum atomic E-state index is 13.1. The van der Waals surface area contributed by atoms with Crippen molar-refractivity contribution in [1.82, 2.24) is 0 Å². The van der Waals surface area contributed by atoms with Gasteiger partial charge in [-0.3, -0.25) is 4.79 Å². The monoisotopic (exact) mass is 373 g/mol. The van der Waals surface area contributed by atoms with Crippen LogP contribution in [0.25, 0.3) is 0 Å². The number of nitrogens with one attached hydrogen (secondary N) is 2. The first-order valence-electron chi connectivity index (χ1n) is 9.93. The van der Waals surface area contributed by atoms with Crippen LogP contribution in [0, 0.1) is 23.7 Å². The molecule has 0 unspecified atom stereocenters. The molecule has 0 radical (unpaired) electrons. The average molecular weight is 374 g/mol. The lowest BCUT2D eigenvalue weighted by Crippen LogP contribution is -2.36. The highest BCUT2D eigenvalue weighted by Crippen LogP contribution is 2.39. The summed E-state index contributed by atoms with van der Waals surface area (Å²) in [6, 6.07) is 5.36. The summed E-state index contributed by atoms with van der Waals surface area (Å²) < 4.78 is 5.32. The van der Waals surface area contributed by atoms with Crippen molar-refractivity contribution in [3.63, 3.8) is 0 Å². The SMILES string of the molecule is C=C(Nc1cc(OC)ccc1NC(=O)[C@@H]1C[C@H](C)CC[C@H]1C(C)C)[C@@H](C)N. The molecule has 4 N–H and O–H groups in total. The molecule has 1 fully saturated rings. The molecule has 0 aliphatic heterocycles. The molecule has 0 spiro atoms. The van der Waals surface area contributed by atoms with Gasteiger partial charge >= 0.3 is 0 Å². The molecule has 0 heterocycles. The molecule has 150 valence electrons. The molecule has 0 aromatic heterocycles. The molecular formula is C22H35N3O2. The quantitative estimate of drug-likeness (QED) is 0.652. The number of hydrogen-bond acceptors (Lipinski definition) is 4. The highest BCUT2D eigenvalue weighted by molar-refractivity contribution is 5.96. The number of ether oxygens (including phenoxy) is 1. The van der Waals surface area contributed by atoms with Crippen LogP contribution >= 0.6 is 0 Å². The highest BCUT2D eigenvalue weighted by Gasteiger charge is 2.35. The number of benzene rings is 1. The van der Waals surface area contributed by atoms with E-state index >= 15 is 0 Å². The second-order valence-corrected chi connectivity index (χ2v) is 8.27. The van der Waals surface area contributed by atoms with E-state index in [0.29, 0.717) is 29.2 Å². The first-order valence-corrected chi connectivity index (χ1v) is 9.93. The maximum absolute atomic E-state index is 13.1. The summed E-state index contributed by atoms with van der Waals surface area (Å²) in [6.45, 7) is 12.5. The fourth-order valence-electron chi connectivity index (χ4n) is 3.88. The Kier molecular flexibility index (Phi) is 7.31. The lowest BCUT2D eigenvalue weighted by Gasteiger charge is -2.36. The third kappa shape index (κ3) is 5.48. The first-order chi connectivity index (χ1) is 12.7. The van der Waals surface area contributed by atoms with Crippen molar-refractivity contribution in [1.29, 1.82) is 0 Å². The van der Waals surface area contributed by atoms with Crippen molar-refractivity contribution >= 4 is 17.3 Å². The standard InChI is InChI=1S/C22H35N3O2/c1-13(2)18-9-7-14(3)11-19(18)22(26)25-20-10-8-17(27-6)12-21(20)24-16(5)15(4)23/h8,10,12-15,18-19,24H,5,7,9,11,23H2,1-4,6H3,(H,25,26)/t14-,15-,18+,19-/m1/s1. The summed E-state index contributed by atoms with van der Waals surface area (Å²) in [6.07, 6.45) is 3.27. The largest absolute Gasteiger partial charge is 0.497 e. The van der Waals surface area contributed by atoms with E-state index in [0.717, 1.165) is 24.2 Å². The number of hydrogen-bond donors (Lipinski definition) is 3. The van der Waals surface area contributed by atoms with E-state index < -0.39 is 0 Å². The highest BCUT2D eigenvalue weighted by atomic mass is 16.5. The van der Waals surface area contributed by atoms with Gasteiger partial charge < -0.3 is 21.1 Å². The van der Waals surface area contributed by atoms with Crippen LogP contribution in [0.15, 0.2) is 30.5 Å². The summed E-state index contributed by atoms with van der Waals surface area (Å²) in [4.78, 5) is 13.1. The number of anilines is 2. The minimum absolute atomic E-state index is 0.0420. The van der Waals surface area contributed by atoms with E-state index in [1.807, 2.05) is 25.1 Å². The van der Waals surface area contributed by atoms with Crippen LogP contribution < -0.4 is 21.1 Å². The number of carbonyl (C=O) groups excluding carboxylic acids is 1. The molecule has 5 nitrogen and oxygen atoms in total. The van der Waals surface area contributed by atoms with Gasteiger partial charge in [0.25, 0.3) is 0 Å². The van der Waals surface area contributed by atoms with Gasteiger partial charge in [0.05, 0.1) is 18.5 Å². The lowest BCUT2D eigenvalue weighted by molar-refractivity contribution is -0.123. The predicted molar refractivity (Wildman–Crippen MR) is 113 cm³/mol. The Labute approximate surface area is 163 Å². The van der Waals surface area contributed by atoms with Gasteiger partial charge in [0.1, 0.15) is 5.75 Å². The average Bonchev–Trinajstić information content (AvgIpc) is 2.62. The summed E-state index contributed by atoms with van der Waals surface area (Å²) in [5.41, 5.74) is 8.06. The summed E-state index contributed by atoms with van der Waals surface area (Å²) >= 11 is 0. The number of methoxy groups -OCH3 is 1. The Morgan fingerprint density at radius 1 is 1.22 bits per heavy atom. The van der Waals surface area contributed by atoms with Crippen molar-refractivity contribution in [2.45, 2.75) is 53.0 Å². The summed E-state index contributed by atoms with van der Waals surface area (Å²) in [5, 5.41) is 6.36. The molecular weight excluding hydrogens is 338 g/mol. The number of amides is 1. The molecule has 1 saturated carbocycles. The van der Waals surface area contributed by atoms with Crippen molar-refractivity contribution in [3.8, 4) is 5.75 Å². The van der Waals surface area contributed by atoms with Crippen molar-refractivity contribution in [2.24, 2.45) is 29.4 Å². The van der Waals surface area contributed by atoms with E-state index in [1.165, 1.54) is 6.42 Å². The third-order valence-electron chi connectivity index (χ3n) is 5.69. The van der Waals surface area contributed by atoms with Gasteiger partial charge in [-0.05, 0) is 49.7 Å². The predicted octanol–water partition coefficient (Wildman–Crippen LogP) is 4.61. The first kappa shape index (κ1) is 21.3. The summed E-state index contributed by atoms with van der Waals surface area (Å²) in [7, 11) is 1.62. The van der Waals surface area contributed by atoms with Crippen molar-refractivity contribution in [3.05, 3.63) is 30.5 Å². The molecule has 5 heteroatoms. The van der Waals surface area contributed by atoms with Crippen LogP contribution in [-0.2, 0) is 4.79 Å². The molecule has 1 aromatic carbocycles. The molecule has 1 amide bonds. The second-order valence-electron chi connectivity index (χ2n) is 8.27. The smallest absolute Gasteiger partial charge is 0.227 e. The van der Waals surface area contributed by atoms with Gasteiger partial charge in [-0.25, -0.2) is 0 Å². The van der Waals surface area contributed by atoms with E-state index in [1.54, 1.807) is 7.11 Å². The van der Waals surface area contributed by atoms with Gasteiger partial charge in [-0.1, -0.05) is 33.8 Å². The van der Waals surface area contributed by atoms with Crippen LogP contribution in [-0.4, -0.2) is 19.1 Å². The Hall–Kier alpha value is -2.01. The van der Waals surface area contributed by atoms with Gasteiger partial charge in [0.2, 0.25) is 5.91 Å². The van der Waals surface area contributed by atoms with Gasteiger partial charge in [-0.2, -0.15) is 0 Å². The maximum Gasteiger partial charge on any atom is 0.227 e. The summed E-state index contributed by atoms with van der Waals surface area (Å²) in [5.74, 6) is 2.36. The van der Waals surface area contributed by atoms with E-state index in [4.69, 9.17) is 10.5 Å². The zero-order valence-electron chi connectivity index (χ0n) is 17.3. The molecule has 1 aliphatic rings. The van der Waals surface area contributed by atoms with Gasteiger partial charge in [0, 0.05) is 23.7 Å².